The van der Waals surface area contributed by atoms with Gasteiger partial charge in [-0.15, -0.1) is 22.7 Å². The van der Waals surface area contributed by atoms with Gasteiger partial charge in [0.05, 0.1) is 3.79 Å². The van der Waals surface area contributed by atoms with Crippen molar-refractivity contribution in [2.24, 2.45) is 5.73 Å². The molecule has 2 aromatic heterocycles. The van der Waals surface area contributed by atoms with E-state index in [4.69, 9.17) is 5.73 Å². The molecule has 18 heavy (non-hydrogen) atoms. The van der Waals surface area contributed by atoms with Crippen LogP contribution in [0.15, 0.2) is 46.3 Å². The maximum atomic E-state index is 6.30. The van der Waals surface area contributed by atoms with Crippen LogP contribution in [0.2, 0.25) is 0 Å². The fourth-order valence-electron chi connectivity index (χ4n) is 1.96. The van der Waals surface area contributed by atoms with Gasteiger partial charge in [0.2, 0.25) is 0 Å². The normalized spacial score (nSPS) is 13.0. The van der Waals surface area contributed by atoms with E-state index < -0.39 is 0 Å². The van der Waals surface area contributed by atoms with Crippen molar-refractivity contribution in [2.45, 2.75) is 12.5 Å². The van der Waals surface area contributed by atoms with Gasteiger partial charge in [-0.2, -0.15) is 0 Å². The molecule has 3 aromatic rings. The van der Waals surface area contributed by atoms with Gasteiger partial charge in [-0.05, 0) is 45.6 Å². The third-order valence-corrected chi connectivity index (χ3v) is 5.75. The van der Waals surface area contributed by atoms with Crippen LogP contribution in [0.1, 0.15) is 15.8 Å². The monoisotopic (exact) mass is 337 g/mol. The van der Waals surface area contributed by atoms with Crippen molar-refractivity contribution in [2.75, 3.05) is 0 Å². The molecule has 0 amide bonds. The summed E-state index contributed by atoms with van der Waals surface area (Å²) >= 11 is 7.04. The van der Waals surface area contributed by atoms with E-state index in [1.54, 1.807) is 22.7 Å². The third-order valence-electron chi connectivity index (χ3n) is 2.86. The second kappa shape index (κ2) is 5.13. The Morgan fingerprint density at radius 2 is 1.94 bits per heavy atom. The molecule has 1 unspecified atom stereocenters. The van der Waals surface area contributed by atoms with E-state index in [0.717, 1.165) is 6.42 Å². The number of nitrogens with two attached hydrogens (primary N) is 1. The van der Waals surface area contributed by atoms with Crippen molar-refractivity contribution < 1.29 is 0 Å². The minimum Gasteiger partial charge on any atom is -0.323 e. The SMILES string of the molecule is NC(Cc1ccc(Br)s1)c1cc2ccccc2s1. The van der Waals surface area contributed by atoms with E-state index in [9.17, 15) is 0 Å². The van der Waals surface area contributed by atoms with Crippen molar-refractivity contribution in [1.82, 2.24) is 0 Å². The van der Waals surface area contributed by atoms with Gasteiger partial charge in [-0.1, -0.05) is 18.2 Å². The smallest absolute Gasteiger partial charge is 0.0701 e. The third kappa shape index (κ3) is 2.52. The molecular weight excluding hydrogens is 326 g/mol. The predicted octanol–water partition coefficient (Wildman–Crippen LogP) is 4.97. The molecule has 0 aliphatic heterocycles. The number of thiophene rings is 2. The Bertz CT molecular complexity index is 638. The van der Waals surface area contributed by atoms with Crippen molar-refractivity contribution in [3.8, 4) is 0 Å². The van der Waals surface area contributed by atoms with Gasteiger partial charge >= 0.3 is 0 Å². The van der Waals surface area contributed by atoms with Crippen molar-refractivity contribution >= 4 is 48.7 Å². The lowest BCUT2D eigenvalue weighted by molar-refractivity contribution is 0.746. The van der Waals surface area contributed by atoms with Crippen LogP contribution in [0.4, 0.5) is 0 Å². The molecule has 3 rings (SSSR count). The highest BCUT2D eigenvalue weighted by Crippen LogP contribution is 2.32. The second-order valence-electron chi connectivity index (χ2n) is 4.20. The predicted molar refractivity (Wildman–Crippen MR) is 84.5 cm³/mol. The Balaban J connectivity index is 1.85. The van der Waals surface area contributed by atoms with Crippen molar-refractivity contribution in [1.29, 1.82) is 0 Å². The molecule has 0 spiro atoms. The average Bonchev–Trinajstić information content (AvgIpc) is 2.95. The van der Waals surface area contributed by atoms with E-state index in [1.807, 2.05) is 0 Å². The van der Waals surface area contributed by atoms with Gasteiger partial charge in [0.25, 0.3) is 0 Å². The van der Waals surface area contributed by atoms with Crippen LogP contribution in [-0.4, -0.2) is 0 Å². The Kier molecular flexibility index (Phi) is 3.52. The zero-order valence-corrected chi connectivity index (χ0v) is 12.8. The summed E-state index contributed by atoms with van der Waals surface area (Å²) in [6.07, 6.45) is 0.906. The summed E-state index contributed by atoms with van der Waals surface area (Å²) in [5.41, 5.74) is 6.30. The molecule has 0 aliphatic rings. The minimum absolute atomic E-state index is 0.0907. The molecule has 2 N–H and O–H groups in total. The summed E-state index contributed by atoms with van der Waals surface area (Å²) in [7, 11) is 0. The first kappa shape index (κ1) is 12.4. The molecule has 4 heteroatoms. The summed E-state index contributed by atoms with van der Waals surface area (Å²) in [5.74, 6) is 0. The molecule has 92 valence electrons. The number of rotatable bonds is 3. The Morgan fingerprint density at radius 3 is 2.67 bits per heavy atom. The quantitative estimate of drug-likeness (QED) is 0.717. The highest BCUT2D eigenvalue weighted by Gasteiger charge is 2.11. The highest BCUT2D eigenvalue weighted by atomic mass is 79.9. The van der Waals surface area contributed by atoms with Crippen LogP contribution < -0.4 is 5.73 Å². The molecule has 1 nitrogen and oxygen atoms in total. The summed E-state index contributed by atoms with van der Waals surface area (Å²) in [5, 5.41) is 1.29. The summed E-state index contributed by atoms with van der Waals surface area (Å²) in [4.78, 5) is 2.59. The fraction of sp³-hybridized carbons (Fsp3) is 0.143. The van der Waals surface area contributed by atoms with Gasteiger partial charge in [-0.3, -0.25) is 0 Å². The maximum Gasteiger partial charge on any atom is 0.0701 e. The number of fused-ring (bicyclic) bond motifs is 1. The highest BCUT2D eigenvalue weighted by molar-refractivity contribution is 9.11. The van der Waals surface area contributed by atoms with E-state index >= 15 is 0 Å². The molecule has 0 radical (unpaired) electrons. The number of halogens is 1. The van der Waals surface area contributed by atoms with E-state index in [-0.39, 0.29) is 6.04 Å². The van der Waals surface area contributed by atoms with E-state index in [1.165, 1.54) is 23.6 Å². The largest absolute Gasteiger partial charge is 0.323 e. The van der Waals surface area contributed by atoms with Crippen LogP contribution >= 0.6 is 38.6 Å². The second-order valence-corrected chi connectivity index (χ2v) is 7.87. The summed E-state index contributed by atoms with van der Waals surface area (Å²) in [6, 6.07) is 15.0. The first-order valence-electron chi connectivity index (χ1n) is 5.70. The van der Waals surface area contributed by atoms with Gasteiger partial charge < -0.3 is 5.73 Å². The molecule has 1 atom stereocenters. The summed E-state index contributed by atoms with van der Waals surface area (Å²) in [6.45, 7) is 0. The van der Waals surface area contributed by atoms with E-state index in [0.29, 0.717) is 0 Å². The molecule has 1 aromatic carbocycles. The van der Waals surface area contributed by atoms with Gasteiger partial charge in [0.1, 0.15) is 0 Å². The van der Waals surface area contributed by atoms with Crippen LogP contribution in [0.25, 0.3) is 10.1 Å². The van der Waals surface area contributed by atoms with Gasteiger partial charge in [-0.25, -0.2) is 0 Å². The molecule has 0 aliphatic carbocycles. The standard InChI is InChI=1S/C14H12BrNS2/c15-14-6-5-10(17-14)8-11(16)13-7-9-3-1-2-4-12(9)18-13/h1-7,11H,8,16H2. The molecule has 2 heterocycles. The molecule has 0 fully saturated rings. The lowest BCUT2D eigenvalue weighted by atomic mass is 10.1. The van der Waals surface area contributed by atoms with E-state index in [2.05, 4.69) is 58.4 Å². The zero-order chi connectivity index (χ0) is 12.5. The molecule has 0 saturated carbocycles. The topological polar surface area (TPSA) is 26.0 Å². The molecule has 0 saturated heterocycles. The first-order valence-corrected chi connectivity index (χ1v) is 8.13. The lowest BCUT2D eigenvalue weighted by Gasteiger charge is -2.06. The average molecular weight is 338 g/mol. The number of hydrogen-bond donors (Lipinski definition) is 1. The zero-order valence-electron chi connectivity index (χ0n) is 9.60. The van der Waals surface area contributed by atoms with Crippen LogP contribution in [0.5, 0.6) is 0 Å². The Morgan fingerprint density at radius 1 is 1.11 bits per heavy atom. The van der Waals surface area contributed by atoms with Gasteiger partial charge in [0.15, 0.2) is 0 Å². The van der Waals surface area contributed by atoms with Crippen LogP contribution in [0.3, 0.4) is 0 Å². The van der Waals surface area contributed by atoms with Gasteiger partial charge in [0, 0.05) is 26.9 Å². The molecule has 0 bridgehead atoms. The van der Waals surface area contributed by atoms with Crippen LogP contribution in [0, 0.1) is 0 Å². The summed E-state index contributed by atoms with van der Waals surface area (Å²) < 4.78 is 2.48. The Hall–Kier alpha value is -0.680. The van der Waals surface area contributed by atoms with Crippen molar-refractivity contribution in [3.05, 3.63) is 56.0 Å². The number of hydrogen-bond acceptors (Lipinski definition) is 3. The first-order chi connectivity index (χ1) is 8.72. The number of benzene rings is 1. The Labute approximate surface area is 122 Å². The maximum absolute atomic E-state index is 6.30. The fourth-order valence-corrected chi connectivity index (χ4v) is 4.57. The van der Waals surface area contributed by atoms with Crippen LogP contribution in [-0.2, 0) is 6.42 Å². The lowest BCUT2D eigenvalue weighted by Crippen LogP contribution is -2.10. The minimum atomic E-state index is 0.0907. The van der Waals surface area contributed by atoms with Crippen molar-refractivity contribution in [3.63, 3.8) is 0 Å². The molecular formula is C14H12BrNS2.